The van der Waals surface area contributed by atoms with Crippen LogP contribution in [0.2, 0.25) is 0 Å². The number of piperidine rings is 1. The minimum atomic E-state index is -4.81. The number of likely N-dealkylation sites (tertiary alicyclic amines) is 1. The number of aromatic nitrogens is 1. The van der Waals surface area contributed by atoms with Crippen molar-refractivity contribution in [2.45, 2.75) is 82.4 Å². The maximum absolute atomic E-state index is 13.0. The zero-order valence-corrected chi connectivity index (χ0v) is 22.4. The summed E-state index contributed by atoms with van der Waals surface area (Å²) >= 11 is 1.60. The summed E-state index contributed by atoms with van der Waals surface area (Å²) in [5, 5.41) is 5.13. The Morgan fingerprint density at radius 3 is 2.68 bits per heavy atom. The summed E-state index contributed by atoms with van der Waals surface area (Å²) in [6.07, 6.45) is -0.297. The number of thioether (sulfide) groups is 1. The summed E-state index contributed by atoms with van der Waals surface area (Å²) in [7, 11) is 3.48. The van der Waals surface area contributed by atoms with E-state index >= 15 is 0 Å². The van der Waals surface area contributed by atoms with Crippen molar-refractivity contribution in [1.29, 1.82) is 0 Å². The van der Waals surface area contributed by atoms with Crippen LogP contribution >= 0.6 is 11.8 Å². The van der Waals surface area contributed by atoms with Gasteiger partial charge in [0, 0.05) is 43.8 Å². The van der Waals surface area contributed by atoms with E-state index in [0.29, 0.717) is 17.0 Å². The van der Waals surface area contributed by atoms with Crippen molar-refractivity contribution in [1.82, 2.24) is 10.1 Å². The van der Waals surface area contributed by atoms with Crippen LogP contribution in [0.5, 0.6) is 5.75 Å². The van der Waals surface area contributed by atoms with Gasteiger partial charge in [-0.05, 0) is 51.2 Å². The first-order valence-electron chi connectivity index (χ1n) is 12.6. The van der Waals surface area contributed by atoms with Crippen LogP contribution in [0.4, 0.5) is 13.2 Å². The fourth-order valence-electron chi connectivity index (χ4n) is 4.67. The number of rotatable bonds is 9. The molecule has 4 rings (SSSR count). The summed E-state index contributed by atoms with van der Waals surface area (Å²) in [6, 6.07) is 6.27. The van der Waals surface area contributed by atoms with Gasteiger partial charge in [-0.15, -0.1) is 13.2 Å². The van der Waals surface area contributed by atoms with Crippen LogP contribution in [0.15, 0.2) is 33.8 Å². The summed E-state index contributed by atoms with van der Waals surface area (Å²) in [4.78, 5) is 6.82. The minimum Gasteiger partial charge on any atom is -0.405 e. The van der Waals surface area contributed by atoms with Crippen molar-refractivity contribution in [2.24, 2.45) is 4.99 Å². The van der Waals surface area contributed by atoms with Crippen molar-refractivity contribution >= 4 is 16.9 Å². The Hall–Kier alpha value is -2.24. The van der Waals surface area contributed by atoms with Gasteiger partial charge in [0.05, 0.1) is 12.7 Å². The molecular weight excluding hydrogens is 507 g/mol. The van der Waals surface area contributed by atoms with Crippen molar-refractivity contribution in [3.05, 3.63) is 35.6 Å². The number of hydrogen-bond acceptors (Lipinski definition) is 7. The Balaban J connectivity index is 1.50. The van der Waals surface area contributed by atoms with E-state index in [1.807, 2.05) is 6.92 Å². The number of methoxy groups -OCH3 is 1. The van der Waals surface area contributed by atoms with Gasteiger partial charge in [-0.3, -0.25) is 4.99 Å². The molecule has 1 aromatic carbocycles. The van der Waals surface area contributed by atoms with Crippen LogP contribution in [0.1, 0.15) is 63.2 Å². The molecule has 0 N–H and O–H groups in total. The van der Waals surface area contributed by atoms with E-state index in [9.17, 15) is 13.2 Å². The Labute approximate surface area is 219 Å². The van der Waals surface area contributed by atoms with Crippen LogP contribution in [0, 0.1) is 0 Å². The van der Waals surface area contributed by atoms with Gasteiger partial charge in [0.2, 0.25) is 0 Å². The molecule has 2 aromatic rings. The lowest BCUT2D eigenvalue weighted by atomic mass is 9.97. The van der Waals surface area contributed by atoms with E-state index in [2.05, 4.69) is 26.7 Å². The van der Waals surface area contributed by atoms with E-state index in [-0.39, 0.29) is 41.4 Å². The molecule has 3 atom stereocenters. The predicted molar refractivity (Wildman–Crippen MR) is 137 cm³/mol. The lowest BCUT2D eigenvalue weighted by molar-refractivity contribution is -0.274. The monoisotopic (exact) mass is 541 g/mol. The van der Waals surface area contributed by atoms with E-state index in [0.717, 1.165) is 43.8 Å². The Bertz CT molecular complexity index is 1070. The van der Waals surface area contributed by atoms with Crippen molar-refractivity contribution in [2.75, 3.05) is 20.7 Å². The zero-order valence-electron chi connectivity index (χ0n) is 21.6. The van der Waals surface area contributed by atoms with Gasteiger partial charge in [0.25, 0.3) is 0 Å². The molecule has 1 aliphatic heterocycles. The normalized spacial score (nSPS) is 21.8. The maximum Gasteiger partial charge on any atom is 0.573 e. The molecule has 0 bridgehead atoms. The van der Waals surface area contributed by atoms with Crippen molar-refractivity contribution < 1.29 is 31.9 Å². The molecule has 2 heterocycles. The highest BCUT2D eigenvalue weighted by atomic mass is 32.2. The van der Waals surface area contributed by atoms with Gasteiger partial charge in [-0.2, -0.15) is 0 Å². The van der Waals surface area contributed by atoms with Gasteiger partial charge in [-0.25, -0.2) is 0 Å². The van der Waals surface area contributed by atoms with E-state index < -0.39 is 6.36 Å². The summed E-state index contributed by atoms with van der Waals surface area (Å²) < 4.78 is 60.8. The Kier molecular flexibility index (Phi) is 9.07. The lowest BCUT2D eigenvalue weighted by Gasteiger charge is -2.41. The first-order chi connectivity index (χ1) is 17.7. The average molecular weight is 542 g/mol. The molecule has 1 saturated heterocycles. The van der Waals surface area contributed by atoms with Gasteiger partial charge in [-0.1, -0.05) is 36.0 Å². The number of ether oxygens (including phenoxy) is 3. The molecule has 204 valence electrons. The lowest BCUT2D eigenvalue weighted by Crippen LogP contribution is -2.47. The van der Waals surface area contributed by atoms with Crippen molar-refractivity contribution in [3.63, 3.8) is 0 Å². The minimum absolute atomic E-state index is 0.000580. The molecule has 1 saturated carbocycles. The predicted octanol–water partition coefficient (Wildman–Crippen LogP) is 6.59. The zero-order chi connectivity index (χ0) is 26.6. The highest BCUT2D eigenvalue weighted by Gasteiger charge is 2.37. The summed E-state index contributed by atoms with van der Waals surface area (Å²) in [5.74, 6) is 0.621. The largest absolute Gasteiger partial charge is 0.573 e. The Morgan fingerprint density at radius 1 is 1.27 bits per heavy atom. The second kappa shape index (κ2) is 12.1. The van der Waals surface area contributed by atoms with Crippen LogP contribution in [-0.2, 0) is 16.1 Å². The van der Waals surface area contributed by atoms with Crippen LogP contribution in [0.25, 0.3) is 11.3 Å². The van der Waals surface area contributed by atoms with Crippen LogP contribution in [0.3, 0.4) is 0 Å². The molecule has 0 radical (unpaired) electrons. The number of para-hydroxylation sites is 1. The Morgan fingerprint density at radius 2 is 2.03 bits per heavy atom. The van der Waals surface area contributed by atoms with Gasteiger partial charge in [0.15, 0.2) is 5.17 Å². The van der Waals surface area contributed by atoms with E-state index in [1.165, 1.54) is 12.1 Å². The fourth-order valence-corrected chi connectivity index (χ4v) is 5.54. The number of halogens is 3. The highest BCUT2D eigenvalue weighted by Crippen LogP contribution is 2.46. The van der Waals surface area contributed by atoms with Crippen molar-refractivity contribution in [3.8, 4) is 17.0 Å². The molecule has 1 aromatic heterocycles. The summed E-state index contributed by atoms with van der Waals surface area (Å²) in [5.41, 5.74) is 1.29. The van der Waals surface area contributed by atoms with Crippen LogP contribution in [-0.4, -0.2) is 59.9 Å². The molecule has 2 aliphatic rings. The first-order valence-corrected chi connectivity index (χ1v) is 13.5. The third-order valence-electron chi connectivity index (χ3n) is 6.78. The molecule has 11 heteroatoms. The number of aliphatic imine (C=N–C) groups is 1. The standard InChI is InChI=1S/C26H34F3N3O4S/c1-5-18-14-19(12-13-32(18)25(30-3)37-16(2)33-4)34-15-21-23(31-36-24(21)17-10-11-17)20-8-6-7-9-22(20)35-26(27,28)29/h6-9,16-19H,5,10-15H2,1-4H3/b30-25-/t16?,18-,19-/m1/s1. The van der Waals surface area contributed by atoms with Gasteiger partial charge < -0.3 is 23.6 Å². The molecule has 0 amide bonds. The van der Waals surface area contributed by atoms with Gasteiger partial charge >= 0.3 is 6.36 Å². The highest BCUT2D eigenvalue weighted by molar-refractivity contribution is 8.14. The van der Waals surface area contributed by atoms with E-state index in [1.54, 1.807) is 38.1 Å². The molecular formula is C26H34F3N3O4S. The second-order valence-electron chi connectivity index (χ2n) is 9.33. The maximum atomic E-state index is 13.0. The topological polar surface area (TPSA) is 69.3 Å². The molecule has 1 aliphatic carbocycles. The first kappa shape index (κ1) is 27.8. The average Bonchev–Trinajstić information content (AvgIpc) is 3.64. The third-order valence-corrected chi connectivity index (χ3v) is 7.93. The molecule has 7 nitrogen and oxygen atoms in total. The number of amidine groups is 1. The second-order valence-corrected chi connectivity index (χ2v) is 10.6. The fraction of sp³-hybridized carbons (Fsp3) is 0.615. The molecule has 2 fully saturated rings. The van der Waals surface area contributed by atoms with Gasteiger partial charge in [0.1, 0.15) is 22.6 Å². The van der Waals surface area contributed by atoms with Crippen LogP contribution < -0.4 is 4.74 Å². The molecule has 37 heavy (non-hydrogen) atoms. The third kappa shape index (κ3) is 7.00. The number of benzene rings is 1. The summed E-state index contributed by atoms with van der Waals surface area (Å²) in [6.45, 7) is 5.17. The quantitative estimate of drug-likeness (QED) is 0.202. The molecule has 1 unspecified atom stereocenters. The SMILES string of the molecule is CC[C@@H]1C[C@H](OCc2c(-c3ccccc3OC(F)(F)F)noc2C2CC2)CCN1/C(=N/C)SC(C)OC. The van der Waals surface area contributed by atoms with E-state index in [4.69, 9.17) is 14.0 Å². The molecule has 0 spiro atoms. The number of hydrogen-bond donors (Lipinski definition) is 0. The number of alkyl halides is 3. The smallest absolute Gasteiger partial charge is 0.405 e. The number of nitrogens with zero attached hydrogens (tertiary/aromatic N) is 3.